The number of hydrogen-bond acceptors (Lipinski definition) is 31. The zero-order valence-corrected chi connectivity index (χ0v) is 79.0. The van der Waals surface area contributed by atoms with Crippen molar-refractivity contribution in [2.75, 3.05) is 68.6 Å². The number of hydrogen-bond donors (Lipinski definition) is 10. The first kappa shape index (κ1) is 110. The second-order valence-corrected chi connectivity index (χ2v) is 36.5. The average Bonchev–Trinajstić information content (AvgIpc) is 1.45. The first-order chi connectivity index (χ1) is 55.7. The van der Waals surface area contributed by atoms with Crippen molar-refractivity contribution in [1.82, 2.24) is 34.5 Å². The third-order valence-corrected chi connectivity index (χ3v) is 26.2. The number of aromatic nitrogens is 3. The van der Waals surface area contributed by atoms with Gasteiger partial charge in [0.05, 0.1) is 88.8 Å². The summed E-state index contributed by atoms with van der Waals surface area (Å²) in [5.41, 5.74) is -1.000. The number of carbonyl (C=O) groups excluding carboxylic acids is 2. The minimum absolute atomic E-state index is 0.110. The molecule has 7 rings (SSSR count). The Morgan fingerprint density at radius 2 is 0.983 bits per heavy atom. The number of methoxy groups -OCH3 is 2. The van der Waals surface area contributed by atoms with Gasteiger partial charge in [-0.3, -0.25) is 14.5 Å². The first-order valence-electron chi connectivity index (χ1n) is 42.2. The second kappa shape index (κ2) is 48.1. The van der Waals surface area contributed by atoms with E-state index in [0.717, 1.165) is 4.59 Å². The maximum absolute atomic E-state index is 14.3. The zero-order valence-electron chi connectivity index (χ0n) is 75.9. The molecule has 6 fully saturated rings. The van der Waals surface area contributed by atoms with Gasteiger partial charge in [0, 0.05) is 108 Å². The van der Waals surface area contributed by atoms with Crippen LogP contribution in [0.4, 0.5) is 0 Å². The molecule has 38 heteroatoms. The summed E-state index contributed by atoms with van der Waals surface area (Å²) in [6.07, 6.45) is -9.18. The quantitative estimate of drug-likeness (QED) is 0.0172. The number of aliphatic hydroxyl groups is 10. The van der Waals surface area contributed by atoms with E-state index in [1.807, 2.05) is 89.3 Å². The Morgan fingerprint density at radius 3 is 1.30 bits per heavy atom. The molecule has 36 atom stereocenters. The fourth-order valence-electron chi connectivity index (χ4n) is 18.6. The molecule has 34 nitrogen and oxygen atoms in total. The maximum atomic E-state index is 14.3. The number of azide groups is 1. The van der Waals surface area contributed by atoms with Crippen molar-refractivity contribution < 1.29 is 130 Å². The number of terminal acetylenes is 1. The third-order valence-electron chi connectivity index (χ3n) is 26.2. The molecule has 1 unspecified atom stereocenters. The van der Waals surface area contributed by atoms with E-state index in [1.54, 1.807) is 110 Å². The molecule has 1 aromatic rings. The van der Waals surface area contributed by atoms with Gasteiger partial charge in [0.15, 0.2) is 33.1 Å². The Labute approximate surface area is 735 Å². The molecule has 0 aliphatic carbocycles. The van der Waals surface area contributed by atoms with Gasteiger partial charge in [-0.25, -0.2) is 0 Å². The minimum atomic E-state index is -1.82. The van der Waals surface area contributed by atoms with Gasteiger partial charge in [0.1, 0.15) is 60.0 Å². The third kappa shape index (κ3) is 28.4. The summed E-state index contributed by atoms with van der Waals surface area (Å²) in [5.74, 6) is -2.74. The van der Waals surface area contributed by atoms with Gasteiger partial charge in [-0.15, -0.1) is 17.4 Å². The average molecular weight is 1870 g/mol. The van der Waals surface area contributed by atoms with Crippen molar-refractivity contribution in [1.29, 1.82) is 0 Å². The molecule has 0 saturated carbocycles. The fourth-order valence-corrected chi connectivity index (χ4v) is 18.6. The number of cyclic esters (lactones) is 2. The van der Waals surface area contributed by atoms with E-state index in [2.05, 4.69) is 46.9 Å². The molecular weight excluding hydrogens is 1720 g/mol. The standard InChI is InChI=1S/C41H74BN5O12.C41H74N2O12.BN3.Cu.HI/c1-14-30-41(10,53)34(49)26(6)46(12)20-22(2)18-39(8,52)36(59-38-32(48)29(17-23(3)55-38)45(11)16-15-28-21-47(42)44-43-28)24(4)33(25(5)37(51)57-30)58-31-19-40(9,54-13)35(50)27(7)56-31;1-15-17-18-42(12)29-19-24(4)51-38(32(29)44)55-36-25(5)33(54-31-21-40(10,50-14)35(46)28(8)52-31)26(6)37(47)53-30(16-2)41(11,49)34(45)27(7)43(13)22-23(3)20-39(36,9)48;1-3-4-2;;/h21-27,29-36,38,48-50,52-53H,14-20H2,1-13H3;1,23-36,38,44-46,48-49H,16-22H2,2-14H3;;;1H/q;;;+1;/p-1/t22-,23-,24+,25-,26-,27+,29+,30-,31+,32-,33+,34-,35+,36-,38-,39-,40-,41-;23-,24-,25+,26-,27-,28+,29+,30-,31+,32-,33+,34-,35?,36-,38-,39-,40-,41-;;;/m11.../s1. The molecule has 0 bridgehead atoms. The molecular formula is C82H148B2CuIN10O24. The predicted octanol–water partition coefficient (Wildman–Crippen LogP) is 4.59. The predicted molar refractivity (Wildman–Crippen MR) is 453 cm³/mol. The SMILES string of the molecule is C#CCCN(C)[C@H]1C[C@@H](C)O[C@H](O[C@@H]2[C@@H](C)[C@H](O[C@H]3C[C@@](C)(OC)C(O)[C@H](C)O3)[C@@H](C)C(=O)O[C@H](CC)[C@@](C)(O)[C@H](O)[C@@H](C)N(C)C[C@H](C)C[C@@]2(C)O)[C@@H]1O.[B]N=[N+]=[N-].[B]n1cc(CCN(C)[C@H]2C[C@@H](C)O[C@H](O[C@@H]3[C@@H](C)[C@H](O[C@H]4C[C@@](C)(OC)[C@@H](O)[C@H](C)O4)[C@@H](C)C(=O)O[C@H](CC)[C@@](C)(O)[C@H](O)[C@@H](C)N(C)C[C@H](C)C[C@@]3(C)O)[C@@H]2O)nn1.[Cu][I]. The summed E-state index contributed by atoms with van der Waals surface area (Å²) in [6.45, 7) is 37.0. The van der Waals surface area contributed by atoms with Gasteiger partial charge in [-0.05, 0) is 186 Å². The summed E-state index contributed by atoms with van der Waals surface area (Å²) in [6, 6.07) is -1.85. The number of nitrogens with zero attached hydrogens (tertiary/aromatic N) is 10. The fraction of sp³-hybridized carbons (Fsp3) is 0.927. The van der Waals surface area contributed by atoms with E-state index >= 15 is 0 Å². The molecule has 7 heterocycles. The van der Waals surface area contributed by atoms with Gasteiger partial charge >= 0.3 is 45.0 Å². The summed E-state index contributed by atoms with van der Waals surface area (Å²) in [4.78, 5) is 38.6. The molecule has 10 N–H and O–H groups in total. The topological polar surface area (TPSA) is 440 Å². The van der Waals surface area contributed by atoms with Crippen molar-refractivity contribution in [3.05, 3.63) is 22.3 Å². The van der Waals surface area contributed by atoms with Crippen LogP contribution in [0.25, 0.3) is 10.4 Å². The van der Waals surface area contributed by atoms with Crippen molar-refractivity contribution in [3.63, 3.8) is 0 Å². The summed E-state index contributed by atoms with van der Waals surface area (Å²) >= 11 is 5.87. The van der Waals surface area contributed by atoms with Crippen LogP contribution in [0.5, 0.6) is 0 Å². The van der Waals surface area contributed by atoms with E-state index in [4.69, 9.17) is 76.8 Å². The van der Waals surface area contributed by atoms with Gasteiger partial charge in [-0.2, -0.15) is 5.03 Å². The molecule has 694 valence electrons. The number of carbonyl (C=O) groups is 2. The number of rotatable bonds is 19. The van der Waals surface area contributed by atoms with Crippen LogP contribution in [0.1, 0.15) is 202 Å². The molecule has 6 saturated heterocycles. The molecule has 1 aromatic heterocycles. The molecule has 0 spiro atoms. The van der Waals surface area contributed by atoms with Crippen LogP contribution in [0.3, 0.4) is 0 Å². The van der Waals surface area contributed by atoms with Gasteiger partial charge < -0.3 is 127 Å². The van der Waals surface area contributed by atoms with Gasteiger partial charge in [0.25, 0.3) is 7.98 Å². The van der Waals surface area contributed by atoms with Gasteiger partial charge in [-0.1, -0.05) is 46.8 Å². The van der Waals surface area contributed by atoms with E-state index in [-0.39, 0.29) is 68.6 Å². The van der Waals surface area contributed by atoms with E-state index in [0.29, 0.717) is 57.6 Å². The van der Waals surface area contributed by atoms with Crippen molar-refractivity contribution in [2.24, 2.45) is 40.5 Å². The van der Waals surface area contributed by atoms with Crippen LogP contribution in [-0.4, -0.2) is 363 Å². The van der Waals surface area contributed by atoms with Crippen molar-refractivity contribution >= 4 is 48.2 Å². The normalized spacial score (nSPS) is 44.1. The monoisotopic (exact) mass is 1870 g/mol. The summed E-state index contributed by atoms with van der Waals surface area (Å²) < 4.78 is 76.8. The van der Waals surface area contributed by atoms with Crippen LogP contribution in [0.15, 0.2) is 11.2 Å². The molecule has 120 heavy (non-hydrogen) atoms. The Morgan fingerprint density at radius 1 is 0.625 bits per heavy atom. The Bertz CT molecular complexity index is 3330. The molecule has 0 amide bonds. The molecule has 0 aromatic carbocycles. The Kier molecular flexibility index (Phi) is 44.0. The van der Waals surface area contributed by atoms with Gasteiger partial charge in [0.2, 0.25) is 0 Å². The van der Waals surface area contributed by atoms with Crippen LogP contribution in [-0.2, 0) is 85.6 Å². The van der Waals surface area contributed by atoms with E-state index < -0.39 is 198 Å². The molecule has 6 aliphatic rings. The number of likely N-dealkylation sites (N-methyl/N-ethyl adjacent to an activating group) is 4. The second-order valence-electron chi connectivity index (χ2n) is 36.5. The van der Waals surface area contributed by atoms with Crippen molar-refractivity contribution in [2.45, 2.75) is 383 Å². The van der Waals surface area contributed by atoms with E-state index in [9.17, 15) is 60.7 Å². The summed E-state index contributed by atoms with van der Waals surface area (Å²) in [7, 11) is 20.4. The number of aliphatic hydroxyl groups excluding tert-OH is 6. The van der Waals surface area contributed by atoms with Crippen LogP contribution < -0.4 is 0 Å². The zero-order chi connectivity index (χ0) is 91.6. The van der Waals surface area contributed by atoms with Crippen LogP contribution >= 0.6 is 20.3 Å². The first-order valence-corrected chi connectivity index (χ1v) is 45.3. The number of ether oxygens (including phenoxy) is 12. The molecule has 6 aliphatic heterocycles. The summed E-state index contributed by atoms with van der Waals surface area (Å²) in [5, 5.41) is 128. The van der Waals surface area contributed by atoms with Crippen molar-refractivity contribution in [3.8, 4) is 12.3 Å². The van der Waals surface area contributed by atoms with Crippen LogP contribution in [0, 0.1) is 47.9 Å². The van der Waals surface area contributed by atoms with Crippen LogP contribution in [0.2, 0.25) is 0 Å². The number of halogens is 1. The Hall–Kier alpha value is -2.63. The number of esters is 2. The van der Waals surface area contributed by atoms with E-state index in [1.165, 1.54) is 28.1 Å². The molecule has 4 radical (unpaired) electrons. The Balaban J connectivity index is 0.000000474.